The Balaban J connectivity index is 2.07. The number of rotatable bonds is 4. The maximum Gasteiger partial charge on any atom is 0.184 e. The minimum absolute atomic E-state index is 0.151. The molecule has 1 fully saturated rings. The molecule has 0 amide bonds. The second kappa shape index (κ2) is 5.78. The Bertz CT molecular complexity index is 922. The van der Waals surface area contributed by atoms with Gasteiger partial charge in [0.2, 0.25) is 0 Å². The highest BCUT2D eigenvalue weighted by Gasteiger charge is 2.73. The molecule has 5 heteroatoms. The molecule has 0 saturated heterocycles. The topological polar surface area (TPSA) is 81.7 Å². The zero-order valence-electron chi connectivity index (χ0n) is 13.2. The predicted molar refractivity (Wildman–Crippen MR) is 89.6 cm³/mol. The molecule has 0 aliphatic heterocycles. The lowest BCUT2D eigenvalue weighted by Crippen LogP contribution is -2.14. The van der Waals surface area contributed by atoms with Gasteiger partial charge in [-0.3, -0.25) is 0 Å². The molecule has 0 spiro atoms. The molecule has 2 atom stereocenters. The minimum atomic E-state index is -3.76. The summed E-state index contributed by atoms with van der Waals surface area (Å²) in [5, 5.41) is 18.0. The standard InChI is InChI=1S/C19H16N2O2S/c1-2-14-8-10-15(11-9-14)17-18(19(17,12-20)13-21)24(22,23)16-6-4-3-5-7-16/h3-11,17-18H,2H2,1H3/t17-,18-/m1/s1. The number of aryl methyl sites for hydroxylation is 1. The van der Waals surface area contributed by atoms with Crippen LogP contribution in [0.15, 0.2) is 59.5 Å². The molecule has 1 aliphatic carbocycles. The van der Waals surface area contributed by atoms with Crippen LogP contribution in [-0.4, -0.2) is 13.7 Å². The van der Waals surface area contributed by atoms with Gasteiger partial charge in [-0.25, -0.2) is 8.42 Å². The summed E-state index contributed by atoms with van der Waals surface area (Å²) in [4.78, 5) is 0.151. The fourth-order valence-electron chi connectivity index (χ4n) is 3.23. The highest BCUT2D eigenvalue weighted by molar-refractivity contribution is 7.92. The van der Waals surface area contributed by atoms with Gasteiger partial charge >= 0.3 is 0 Å². The first-order valence-electron chi connectivity index (χ1n) is 7.71. The van der Waals surface area contributed by atoms with Crippen LogP contribution in [0.5, 0.6) is 0 Å². The van der Waals surface area contributed by atoms with Crippen molar-refractivity contribution in [2.45, 2.75) is 29.4 Å². The first-order valence-corrected chi connectivity index (χ1v) is 9.26. The van der Waals surface area contributed by atoms with E-state index in [-0.39, 0.29) is 4.90 Å². The lowest BCUT2D eigenvalue weighted by molar-refractivity contribution is 0.591. The van der Waals surface area contributed by atoms with Gasteiger partial charge in [-0.2, -0.15) is 10.5 Å². The van der Waals surface area contributed by atoms with Crippen molar-refractivity contribution in [1.29, 1.82) is 10.5 Å². The van der Waals surface area contributed by atoms with Gasteiger partial charge in [0.05, 0.1) is 17.0 Å². The Morgan fingerprint density at radius 2 is 1.58 bits per heavy atom. The van der Waals surface area contributed by atoms with Crippen molar-refractivity contribution >= 4 is 9.84 Å². The zero-order valence-corrected chi connectivity index (χ0v) is 14.0. The van der Waals surface area contributed by atoms with Crippen LogP contribution < -0.4 is 0 Å². The van der Waals surface area contributed by atoms with E-state index in [4.69, 9.17) is 0 Å². The molecule has 0 radical (unpaired) electrons. The van der Waals surface area contributed by atoms with Crippen LogP contribution in [0.4, 0.5) is 0 Å². The molecule has 0 bridgehead atoms. The third kappa shape index (κ3) is 2.29. The number of nitrogens with zero attached hydrogens (tertiary/aromatic N) is 2. The molecule has 0 aromatic heterocycles. The molecule has 2 aromatic rings. The SMILES string of the molecule is CCc1ccc([C@@H]2[C@@H](S(=O)(=O)c3ccccc3)C2(C#N)C#N)cc1. The van der Waals surface area contributed by atoms with Crippen LogP contribution in [0.3, 0.4) is 0 Å². The molecule has 0 heterocycles. The third-order valence-electron chi connectivity index (χ3n) is 4.66. The average molecular weight is 336 g/mol. The van der Waals surface area contributed by atoms with Gasteiger partial charge in [-0.05, 0) is 29.7 Å². The summed E-state index contributed by atoms with van der Waals surface area (Å²) >= 11 is 0. The molecule has 3 rings (SSSR count). The average Bonchev–Trinajstić information content (AvgIpc) is 3.33. The van der Waals surface area contributed by atoms with Crippen LogP contribution in [0, 0.1) is 28.1 Å². The summed E-state index contributed by atoms with van der Waals surface area (Å²) in [6.07, 6.45) is 0.873. The van der Waals surface area contributed by atoms with Gasteiger partial charge in [0.1, 0.15) is 5.25 Å². The minimum Gasteiger partial charge on any atom is -0.223 e. The summed E-state index contributed by atoms with van der Waals surface area (Å²) in [6, 6.07) is 19.4. The first kappa shape index (κ1) is 16.2. The van der Waals surface area contributed by atoms with E-state index < -0.39 is 26.4 Å². The first-order chi connectivity index (χ1) is 11.5. The molecular formula is C19H16N2O2S. The van der Waals surface area contributed by atoms with Gasteiger partial charge < -0.3 is 0 Å². The van der Waals surface area contributed by atoms with Crippen molar-refractivity contribution in [3.8, 4) is 12.1 Å². The number of hydrogen-bond acceptors (Lipinski definition) is 4. The summed E-state index contributed by atoms with van der Waals surface area (Å²) in [6.45, 7) is 2.03. The van der Waals surface area contributed by atoms with E-state index in [0.29, 0.717) is 0 Å². The van der Waals surface area contributed by atoms with Crippen molar-refractivity contribution in [2.75, 3.05) is 0 Å². The summed E-state index contributed by atoms with van der Waals surface area (Å²) < 4.78 is 25.9. The van der Waals surface area contributed by atoms with Crippen molar-refractivity contribution in [1.82, 2.24) is 0 Å². The predicted octanol–water partition coefficient (Wildman–Crippen LogP) is 3.22. The second-order valence-electron chi connectivity index (χ2n) is 5.94. The normalized spacial score (nSPS) is 21.5. The van der Waals surface area contributed by atoms with Gasteiger partial charge in [-0.1, -0.05) is 49.4 Å². The summed E-state index contributed by atoms with van der Waals surface area (Å²) in [5.41, 5.74) is 0.323. The molecule has 2 aromatic carbocycles. The van der Waals surface area contributed by atoms with Crippen molar-refractivity contribution in [2.24, 2.45) is 5.41 Å². The molecule has 120 valence electrons. The molecule has 1 saturated carbocycles. The Morgan fingerprint density at radius 1 is 1.00 bits per heavy atom. The highest BCUT2D eigenvalue weighted by Crippen LogP contribution is 2.63. The van der Waals surface area contributed by atoms with Crippen molar-refractivity contribution in [3.63, 3.8) is 0 Å². The van der Waals surface area contributed by atoms with E-state index in [1.54, 1.807) is 18.2 Å². The van der Waals surface area contributed by atoms with Crippen LogP contribution >= 0.6 is 0 Å². The third-order valence-corrected chi connectivity index (χ3v) is 6.90. The van der Waals surface area contributed by atoms with Crippen LogP contribution in [-0.2, 0) is 16.3 Å². The van der Waals surface area contributed by atoms with E-state index in [1.165, 1.54) is 12.1 Å². The number of sulfone groups is 1. The van der Waals surface area contributed by atoms with E-state index in [9.17, 15) is 18.9 Å². The fraction of sp³-hybridized carbons (Fsp3) is 0.263. The van der Waals surface area contributed by atoms with E-state index >= 15 is 0 Å². The van der Waals surface area contributed by atoms with Gasteiger partial charge in [0.15, 0.2) is 15.3 Å². The molecule has 0 N–H and O–H groups in total. The maximum absolute atomic E-state index is 12.9. The Labute approximate surface area is 141 Å². The summed E-state index contributed by atoms with van der Waals surface area (Å²) in [5.74, 6) is -0.622. The van der Waals surface area contributed by atoms with Crippen LogP contribution in [0.2, 0.25) is 0 Å². The summed E-state index contributed by atoms with van der Waals surface area (Å²) in [7, 11) is -3.76. The molecule has 4 nitrogen and oxygen atoms in total. The lowest BCUT2D eigenvalue weighted by atomic mass is 10.0. The number of nitriles is 2. The maximum atomic E-state index is 12.9. The largest absolute Gasteiger partial charge is 0.223 e. The Hall–Kier alpha value is -2.63. The molecular weight excluding hydrogens is 320 g/mol. The number of hydrogen-bond donors (Lipinski definition) is 0. The monoisotopic (exact) mass is 336 g/mol. The fourth-order valence-corrected chi connectivity index (χ4v) is 5.45. The highest BCUT2D eigenvalue weighted by atomic mass is 32.2. The Kier molecular flexibility index (Phi) is 3.91. The lowest BCUT2D eigenvalue weighted by Gasteiger charge is -2.04. The van der Waals surface area contributed by atoms with Crippen LogP contribution in [0.1, 0.15) is 24.0 Å². The second-order valence-corrected chi connectivity index (χ2v) is 8.01. The zero-order chi connectivity index (χ0) is 17.4. The van der Waals surface area contributed by atoms with Gasteiger partial charge in [0.25, 0.3) is 0 Å². The van der Waals surface area contributed by atoms with Gasteiger partial charge in [-0.15, -0.1) is 0 Å². The van der Waals surface area contributed by atoms with E-state index in [0.717, 1.165) is 17.5 Å². The quantitative estimate of drug-likeness (QED) is 0.858. The van der Waals surface area contributed by atoms with Gasteiger partial charge in [0, 0.05) is 5.92 Å². The van der Waals surface area contributed by atoms with E-state index in [1.807, 2.05) is 43.3 Å². The molecule has 1 aliphatic rings. The smallest absolute Gasteiger partial charge is 0.184 e. The Morgan fingerprint density at radius 3 is 2.08 bits per heavy atom. The van der Waals surface area contributed by atoms with Crippen LogP contribution in [0.25, 0.3) is 0 Å². The van der Waals surface area contributed by atoms with Crippen molar-refractivity contribution in [3.05, 3.63) is 65.7 Å². The van der Waals surface area contributed by atoms with Crippen molar-refractivity contribution < 1.29 is 8.42 Å². The van der Waals surface area contributed by atoms with E-state index in [2.05, 4.69) is 0 Å². The number of benzene rings is 2. The molecule has 24 heavy (non-hydrogen) atoms. The molecule has 0 unspecified atom stereocenters.